The summed E-state index contributed by atoms with van der Waals surface area (Å²) < 4.78 is 1.84. The van der Waals surface area contributed by atoms with Crippen molar-refractivity contribution in [1.82, 2.24) is 9.55 Å². The number of fused-ring (bicyclic) bond motifs is 1. The molecule has 5 heteroatoms. The van der Waals surface area contributed by atoms with E-state index in [2.05, 4.69) is 4.98 Å². The van der Waals surface area contributed by atoms with Gasteiger partial charge in [0.05, 0.1) is 22.1 Å². The van der Waals surface area contributed by atoms with Gasteiger partial charge in [-0.05, 0) is 32.0 Å². The highest BCUT2D eigenvalue weighted by Crippen LogP contribution is 2.22. The van der Waals surface area contributed by atoms with Gasteiger partial charge in [0.15, 0.2) is 0 Å². The summed E-state index contributed by atoms with van der Waals surface area (Å²) in [6.45, 7) is 3.73. The van der Waals surface area contributed by atoms with Crippen LogP contribution in [0.15, 0.2) is 18.2 Å². The summed E-state index contributed by atoms with van der Waals surface area (Å²) in [4.78, 5) is 15.3. The highest BCUT2D eigenvalue weighted by Gasteiger charge is 2.22. The molecule has 0 saturated carbocycles. The van der Waals surface area contributed by atoms with Crippen LogP contribution < -0.4 is 5.73 Å². The fourth-order valence-corrected chi connectivity index (χ4v) is 1.90. The number of aromatic carboxylic acids is 1. The molecule has 1 aromatic heterocycles. The summed E-state index contributed by atoms with van der Waals surface area (Å²) in [5, 5.41) is 8.95. The molecule has 1 heterocycles. The molecule has 0 unspecified atom stereocenters. The zero-order chi connectivity index (χ0) is 12.8. The average molecular weight is 233 g/mol. The quantitative estimate of drug-likeness (QED) is 0.822. The molecule has 17 heavy (non-hydrogen) atoms. The maximum Gasteiger partial charge on any atom is 0.335 e. The molecule has 0 radical (unpaired) electrons. The second-order valence-electron chi connectivity index (χ2n) is 4.72. The Hall–Kier alpha value is -1.88. The number of carbonyl (C=O) groups is 1. The van der Waals surface area contributed by atoms with E-state index in [9.17, 15) is 4.79 Å². The molecule has 2 aromatic rings. The van der Waals surface area contributed by atoms with Crippen molar-refractivity contribution < 1.29 is 9.90 Å². The first-order valence-electron chi connectivity index (χ1n) is 5.30. The van der Waals surface area contributed by atoms with Crippen LogP contribution in [-0.4, -0.2) is 20.6 Å². The fourth-order valence-electron chi connectivity index (χ4n) is 1.90. The number of imidazole rings is 1. The van der Waals surface area contributed by atoms with E-state index in [-0.39, 0.29) is 5.56 Å². The highest BCUT2D eigenvalue weighted by atomic mass is 16.4. The maximum atomic E-state index is 10.9. The topological polar surface area (TPSA) is 81.1 Å². The summed E-state index contributed by atoms with van der Waals surface area (Å²) in [6, 6.07) is 4.86. The summed E-state index contributed by atoms with van der Waals surface area (Å²) in [5.74, 6) is -0.211. The number of hydrogen-bond acceptors (Lipinski definition) is 3. The van der Waals surface area contributed by atoms with Crippen molar-refractivity contribution in [3.63, 3.8) is 0 Å². The molecule has 0 atom stereocenters. The molecule has 0 spiro atoms. The smallest absolute Gasteiger partial charge is 0.335 e. The molecule has 0 fully saturated rings. The van der Waals surface area contributed by atoms with E-state index >= 15 is 0 Å². The van der Waals surface area contributed by atoms with Gasteiger partial charge in [-0.2, -0.15) is 0 Å². The number of nitrogens with two attached hydrogens (primary N) is 1. The molecule has 2 rings (SSSR count). The Morgan fingerprint density at radius 2 is 2.12 bits per heavy atom. The average Bonchev–Trinajstić information content (AvgIpc) is 2.55. The Balaban J connectivity index is 2.71. The second kappa shape index (κ2) is 3.56. The van der Waals surface area contributed by atoms with Crippen molar-refractivity contribution in [3.8, 4) is 0 Å². The summed E-state index contributed by atoms with van der Waals surface area (Å²) in [6.07, 6.45) is 0. The van der Waals surface area contributed by atoms with Crippen molar-refractivity contribution in [2.75, 3.05) is 0 Å². The van der Waals surface area contributed by atoms with Crippen LogP contribution >= 0.6 is 0 Å². The number of aryl methyl sites for hydroxylation is 1. The second-order valence-corrected chi connectivity index (χ2v) is 4.72. The van der Waals surface area contributed by atoms with Gasteiger partial charge in [-0.1, -0.05) is 0 Å². The van der Waals surface area contributed by atoms with Gasteiger partial charge in [0, 0.05) is 7.05 Å². The molecular weight excluding hydrogens is 218 g/mol. The van der Waals surface area contributed by atoms with E-state index in [1.54, 1.807) is 18.2 Å². The lowest BCUT2D eigenvalue weighted by molar-refractivity contribution is 0.0697. The standard InChI is InChI=1S/C12H15N3O2/c1-12(2,13)11-14-8-5-4-7(10(16)17)6-9(8)15(11)3/h4-6H,13H2,1-3H3,(H,16,17). The predicted molar refractivity (Wildman–Crippen MR) is 64.9 cm³/mol. The minimum Gasteiger partial charge on any atom is -0.478 e. The molecule has 90 valence electrons. The molecular formula is C12H15N3O2. The number of carboxylic acids is 1. The Bertz CT molecular complexity index is 594. The molecule has 5 nitrogen and oxygen atoms in total. The van der Waals surface area contributed by atoms with E-state index in [0.717, 1.165) is 16.9 Å². The molecule has 0 aliphatic rings. The van der Waals surface area contributed by atoms with Crippen molar-refractivity contribution >= 4 is 17.0 Å². The van der Waals surface area contributed by atoms with E-state index in [0.29, 0.717) is 0 Å². The SMILES string of the molecule is Cn1c(C(C)(C)N)nc2ccc(C(=O)O)cc21. The molecule has 1 aromatic carbocycles. The zero-order valence-electron chi connectivity index (χ0n) is 10.1. The molecule has 3 N–H and O–H groups in total. The molecule has 0 saturated heterocycles. The fraction of sp³-hybridized carbons (Fsp3) is 0.333. The number of rotatable bonds is 2. The van der Waals surface area contributed by atoms with E-state index in [4.69, 9.17) is 10.8 Å². The Kier molecular flexibility index (Phi) is 2.43. The summed E-state index contributed by atoms with van der Waals surface area (Å²) in [7, 11) is 1.84. The van der Waals surface area contributed by atoms with E-state index in [1.165, 1.54) is 0 Å². The third-order valence-electron chi connectivity index (χ3n) is 2.70. The number of nitrogens with zero attached hydrogens (tertiary/aromatic N) is 2. The van der Waals surface area contributed by atoms with Gasteiger partial charge in [-0.25, -0.2) is 9.78 Å². The lowest BCUT2D eigenvalue weighted by atomic mass is 10.1. The third-order valence-corrected chi connectivity index (χ3v) is 2.70. The largest absolute Gasteiger partial charge is 0.478 e. The maximum absolute atomic E-state index is 10.9. The minimum atomic E-state index is -0.943. The number of aromatic nitrogens is 2. The van der Waals surface area contributed by atoms with Crippen LogP contribution in [-0.2, 0) is 12.6 Å². The number of carboxylic acid groups (broad SMARTS) is 1. The summed E-state index contributed by atoms with van der Waals surface area (Å²) in [5.41, 5.74) is 7.24. The van der Waals surface area contributed by atoms with Crippen LogP contribution in [0.1, 0.15) is 30.0 Å². The first-order valence-corrected chi connectivity index (χ1v) is 5.30. The van der Waals surface area contributed by atoms with E-state index < -0.39 is 11.5 Å². The van der Waals surface area contributed by atoms with Gasteiger partial charge in [-0.3, -0.25) is 0 Å². The van der Waals surface area contributed by atoms with Crippen molar-refractivity contribution in [2.45, 2.75) is 19.4 Å². The predicted octanol–water partition coefficient (Wildman–Crippen LogP) is 1.47. The Labute approximate surface area is 98.9 Å². The molecule has 0 bridgehead atoms. The van der Waals surface area contributed by atoms with Crippen LogP contribution in [0.25, 0.3) is 11.0 Å². The molecule has 0 amide bonds. The van der Waals surface area contributed by atoms with Gasteiger partial charge in [0.25, 0.3) is 0 Å². The monoisotopic (exact) mass is 233 g/mol. The lowest BCUT2D eigenvalue weighted by Gasteiger charge is -2.17. The molecule has 0 aliphatic carbocycles. The first kappa shape index (κ1) is 11.6. The van der Waals surface area contributed by atoms with Gasteiger partial charge in [0.2, 0.25) is 0 Å². The minimum absolute atomic E-state index is 0.252. The third kappa shape index (κ3) is 1.89. The Morgan fingerprint density at radius 1 is 1.47 bits per heavy atom. The zero-order valence-corrected chi connectivity index (χ0v) is 10.1. The van der Waals surface area contributed by atoms with Crippen LogP contribution in [0, 0.1) is 0 Å². The van der Waals surface area contributed by atoms with Crippen LogP contribution in [0.3, 0.4) is 0 Å². The number of benzene rings is 1. The van der Waals surface area contributed by atoms with Crippen LogP contribution in [0.2, 0.25) is 0 Å². The molecule has 0 aliphatic heterocycles. The summed E-state index contributed by atoms with van der Waals surface area (Å²) >= 11 is 0. The van der Waals surface area contributed by atoms with Gasteiger partial charge < -0.3 is 15.4 Å². The van der Waals surface area contributed by atoms with Crippen molar-refractivity contribution in [3.05, 3.63) is 29.6 Å². The van der Waals surface area contributed by atoms with Crippen molar-refractivity contribution in [2.24, 2.45) is 12.8 Å². The Morgan fingerprint density at radius 3 is 2.65 bits per heavy atom. The van der Waals surface area contributed by atoms with Gasteiger partial charge >= 0.3 is 5.97 Å². The van der Waals surface area contributed by atoms with Crippen molar-refractivity contribution in [1.29, 1.82) is 0 Å². The van der Waals surface area contributed by atoms with Gasteiger partial charge in [0.1, 0.15) is 5.82 Å². The van der Waals surface area contributed by atoms with Gasteiger partial charge in [-0.15, -0.1) is 0 Å². The first-order chi connectivity index (χ1) is 7.80. The van der Waals surface area contributed by atoms with E-state index in [1.807, 2.05) is 25.5 Å². The van der Waals surface area contributed by atoms with Crippen LogP contribution in [0.4, 0.5) is 0 Å². The lowest BCUT2D eigenvalue weighted by Crippen LogP contribution is -2.32. The number of hydrogen-bond donors (Lipinski definition) is 2. The highest BCUT2D eigenvalue weighted by molar-refractivity contribution is 5.92. The van der Waals surface area contributed by atoms with Crippen LogP contribution in [0.5, 0.6) is 0 Å². The normalized spacial score (nSPS) is 12.0.